The Morgan fingerprint density at radius 1 is 0.310 bits per heavy atom. The lowest BCUT2D eigenvalue weighted by atomic mass is 9.98. The van der Waals surface area contributed by atoms with Crippen LogP contribution < -0.4 is 0 Å². The van der Waals surface area contributed by atoms with Gasteiger partial charge in [0.25, 0.3) is 0 Å². The molecule has 200 valence electrons. The Hall–Kier alpha value is -5.55. The van der Waals surface area contributed by atoms with Gasteiger partial charge in [0, 0.05) is 16.7 Å². The summed E-state index contributed by atoms with van der Waals surface area (Å²) in [5.74, 6) is 0.613. The molecule has 0 bridgehead atoms. The maximum Gasteiger partial charge on any atom is 0.164 e. The average molecular weight is 548 g/mol. The number of nitrogens with zero attached hydrogens (tertiary/aromatic N) is 3. The molecule has 0 atom stereocenters. The summed E-state index contributed by atoms with van der Waals surface area (Å²) < 4.78 is 27.2. The molecule has 42 heavy (non-hydrogen) atoms. The lowest BCUT2D eigenvalue weighted by molar-refractivity contribution is 0.627. The first-order valence-corrected chi connectivity index (χ1v) is 13.6. The van der Waals surface area contributed by atoms with Gasteiger partial charge < -0.3 is 0 Å². The molecular formula is C37H23F2N3. The smallest absolute Gasteiger partial charge is 0.164 e. The molecule has 7 aromatic rings. The van der Waals surface area contributed by atoms with Crippen LogP contribution in [0.15, 0.2) is 140 Å². The second-order valence-corrected chi connectivity index (χ2v) is 10.0. The standard InChI is InChI=1S/C37H23F2N3/c38-33-19-15-29(16-20-33)36-40-35(41-37(42-36)30-17-21-34(39)22-18-30)28-12-9-26(10-13-28)25-5-7-27(8-6-25)32-14-11-24-3-1-2-4-31(24)23-32/h1-23H. The van der Waals surface area contributed by atoms with Crippen LogP contribution in [0.5, 0.6) is 0 Å². The molecule has 3 nitrogen and oxygen atoms in total. The second-order valence-electron chi connectivity index (χ2n) is 10.0. The fourth-order valence-corrected chi connectivity index (χ4v) is 5.00. The molecule has 0 aliphatic rings. The lowest BCUT2D eigenvalue weighted by Gasteiger charge is -2.10. The van der Waals surface area contributed by atoms with E-state index < -0.39 is 0 Å². The molecule has 0 saturated carbocycles. The van der Waals surface area contributed by atoms with Crippen LogP contribution in [0.2, 0.25) is 0 Å². The maximum absolute atomic E-state index is 13.6. The van der Waals surface area contributed by atoms with E-state index in [4.69, 9.17) is 9.97 Å². The SMILES string of the molecule is Fc1ccc(-c2nc(-c3ccc(F)cc3)nc(-c3ccc(-c4ccc(-c5ccc6ccccc6c5)cc4)cc3)n2)cc1. The Labute approximate surface area is 241 Å². The van der Waals surface area contributed by atoms with Gasteiger partial charge in [0.05, 0.1) is 0 Å². The van der Waals surface area contributed by atoms with E-state index in [1.54, 1.807) is 24.3 Å². The van der Waals surface area contributed by atoms with Gasteiger partial charge >= 0.3 is 0 Å². The van der Waals surface area contributed by atoms with Crippen molar-refractivity contribution in [1.82, 2.24) is 15.0 Å². The van der Waals surface area contributed by atoms with Crippen molar-refractivity contribution in [3.8, 4) is 56.4 Å². The van der Waals surface area contributed by atoms with Crippen LogP contribution in [-0.4, -0.2) is 15.0 Å². The summed E-state index contributed by atoms with van der Waals surface area (Å²) in [7, 11) is 0. The van der Waals surface area contributed by atoms with Crippen LogP contribution >= 0.6 is 0 Å². The highest BCUT2D eigenvalue weighted by Crippen LogP contribution is 2.30. The first-order chi connectivity index (χ1) is 20.6. The zero-order valence-corrected chi connectivity index (χ0v) is 22.4. The molecule has 5 heteroatoms. The van der Waals surface area contributed by atoms with Crippen molar-refractivity contribution in [3.63, 3.8) is 0 Å². The first-order valence-electron chi connectivity index (χ1n) is 13.6. The number of aromatic nitrogens is 3. The van der Waals surface area contributed by atoms with E-state index in [0.29, 0.717) is 28.6 Å². The summed E-state index contributed by atoms with van der Waals surface area (Å²) in [6.07, 6.45) is 0. The van der Waals surface area contributed by atoms with Crippen LogP contribution in [0, 0.1) is 11.6 Å². The molecule has 0 saturated heterocycles. The monoisotopic (exact) mass is 547 g/mol. The van der Waals surface area contributed by atoms with Gasteiger partial charge in [0.2, 0.25) is 0 Å². The molecule has 0 aliphatic heterocycles. The van der Waals surface area contributed by atoms with Gasteiger partial charge in [0.1, 0.15) is 11.6 Å². The zero-order valence-electron chi connectivity index (χ0n) is 22.4. The minimum atomic E-state index is -0.340. The van der Waals surface area contributed by atoms with Gasteiger partial charge in [-0.2, -0.15) is 0 Å². The highest BCUT2D eigenvalue weighted by atomic mass is 19.1. The number of rotatable bonds is 5. The Morgan fingerprint density at radius 2 is 0.643 bits per heavy atom. The second kappa shape index (κ2) is 10.8. The van der Waals surface area contributed by atoms with Crippen molar-refractivity contribution in [1.29, 1.82) is 0 Å². The van der Waals surface area contributed by atoms with Gasteiger partial charge in [-0.15, -0.1) is 0 Å². The normalized spacial score (nSPS) is 11.1. The molecule has 6 aromatic carbocycles. The molecule has 1 aromatic heterocycles. The molecular weight excluding hydrogens is 524 g/mol. The maximum atomic E-state index is 13.6. The van der Waals surface area contributed by atoms with E-state index in [1.807, 2.05) is 24.3 Å². The zero-order chi connectivity index (χ0) is 28.5. The van der Waals surface area contributed by atoms with Crippen LogP contribution in [-0.2, 0) is 0 Å². The van der Waals surface area contributed by atoms with E-state index in [2.05, 4.69) is 71.7 Å². The summed E-state index contributed by atoms with van der Waals surface area (Å²) in [4.78, 5) is 14.0. The van der Waals surface area contributed by atoms with Gasteiger partial charge in [-0.25, -0.2) is 23.7 Å². The highest BCUT2D eigenvalue weighted by Gasteiger charge is 2.13. The number of fused-ring (bicyclic) bond motifs is 1. The van der Waals surface area contributed by atoms with E-state index in [9.17, 15) is 8.78 Å². The summed E-state index contributed by atoms with van der Waals surface area (Å²) in [5, 5.41) is 2.45. The quantitative estimate of drug-likeness (QED) is 0.215. The molecule has 0 amide bonds. The third kappa shape index (κ3) is 5.16. The highest BCUT2D eigenvalue weighted by molar-refractivity contribution is 5.87. The minimum Gasteiger partial charge on any atom is -0.208 e. The molecule has 0 N–H and O–H groups in total. The molecule has 7 rings (SSSR count). The van der Waals surface area contributed by atoms with Crippen molar-refractivity contribution in [3.05, 3.63) is 151 Å². The molecule has 0 unspecified atom stereocenters. The van der Waals surface area contributed by atoms with Gasteiger partial charge in [-0.1, -0.05) is 84.9 Å². The van der Waals surface area contributed by atoms with Crippen LogP contribution in [0.25, 0.3) is 67.2 Å². The topological polar surface area (TPSA) is 38.7 Å². The molecule has 0 aliphatic carbocycles. The Kier molecular flexibility index (Phi) is 6.53. The van der Waals surface area contributed by atoms with Crippen molar-refractivity contribution in [2.75, 3.05) is 0 Å². The van der Waals surface area contributed by atoms with E-state index >= 15 is 0 Å². The molecule has 0 radical (unpaired) electrons. The van der Waals surface area contributed by atoms with Crippen LogP contribution in [0.3, 0.4) is 0 Å². The minimum absolute atomic E-state index is 0.340. The number of halogens is 2. The summed E-state index contributed by atoms with van der Waals surface area (Å²) in [5.41, 5.74) is 6.63. The number of hydrogen-bond donors (Lipinski definition) is 0. The van der Waals surface area contributed by atoms with Crippen LogP contribution in [0.1, 0.15) is 0 Å². The molecule has 1 heterocycles. The van der Waals surface area contributed by atoms with E-state index in [-0.39, 0.29) is 11.6 Å². The van der Waals surface area contributed by atoms with Crippen molar-refractivity contribution in [2.24, 2.45) is 0 Å². The Balaban J connectivity index is 1.20. The van der Waals surface area contributed by atoms with Crippen molar-refractivity contribution < 1.29 is 8.78 Å². The van der Waals surface area contributed by atoms with E-state index in [0.717, 1.165) is 22.3 Å². The summed E-state index contributed by atoms with van der Waals surface area (Å²) in [6.45, 7) is 0. The van der Waals surface area contributed by atoms with Gasteiger partial charge in [-0.3, -0.25) is 0 Å². The lowest BCUT2D eigenvalue weighted by Crippen LogP contribution is -2.00. The van der Waals surface area contributed by atoms with Gasteiger partial charge in [-0.05, 0) is 87.6 Å². The van der Waals surface area contributed by atoms with Gasteiger partial charge in [0.15, 0.2) is 17.5 Å². The summed E-state index contributed by atoms with van der Waals surface area (Å²) in [6, 6.07) is 43.5. The average Bonchev–Trinajstić information content (AvgIpc) is 3.05. The third-order valence-corrected chi connectivity index (χ3v) is 7.28. The number of hydrogen-bond acceptors (Lipinski definition) is 3. The summed E-state index contributed by atoms with van der Waals surface area (Å²) >= 11 is 0. The first kappa shape index (κ1) is 25.4. The fourth-order valence-electron chi connectivity index (χ4n) is 5.00. The van der Waals surface area contributed by atoms with E-state index in [1.165, 1.54) is 40.6 Å². The molecule has 0 fully saturated rings. The predicted octanol–water partition coefficient (Wildman–Crippen LogP) is 9.64. The van der Waals surface area contributed by atoms with Crippen molar-refractivity contribution >= 4 is 10.8 Å². The van der Waals surface area contributed by atoms with Crippen molar-refractivity contribution in [2.45, 2.75) is 0 Å². The largest absolute Gasteiger partial charge is 0.208 e. The third-order valence-electron chi connectivity index (χ3n) is 7.28. The molecule has 0 spiro atoms. The Bertz CT molecular complexity index is 1950. The fraction of sp³-hybridized carbons (Fsp3) is 0. The number of benzene rings is 6. The van der Waals surface area contributed by atoms with Crippen LogP contribution in [0.4, 0.5) is 8.78 Å². The predicted molar refractivity (Wildman–Crippen MR) is 164 cm³/mol. The Morgan fingerprint density at radius 3 is 1.10 bits per heavy atom.